The first-order valence-electron chi connectivity index (χ1n) is 6.25. The first-order chi connectivity index (χ1) is 8.88. The Balaban J connectivity index is 2.68. The van der Waals surface area contributed by atoms with E-state index in [-0.39, 0.29) is 6.04 Å². The van der Waals surface area contributed by atoms with Crippen molar-refractivity contribution < 1.29 is 13.2 Å². The molecule has 0 aliphatic heterocycles. The van der Waals surface area contributed by atoms with Gasteiger partial charge in [0.2, 0.25) is 0 Å². The fraction of sp³-hybridized carbons (Fsp3) is 0.429. The van der Waals surface area contributed by atoms with Gasteiger partial charge in [0.15, 0.2) is 0 Å². The molecule has 1 N–H and O–H groups in total. The predicted molar refractivity (Wildman–Crippen MR) is 70.1 cm³/mol. The van der Waals surface area contributed by atoms with E-state index in [2.05, 4.69) is 5.32 Å². The number of alkyl halides is 3. The van der Waals surface area contributed by atoms with E-state index in [0.29, 0.717) is 5.39 Å². The number of nitrogens with zero attached hydrogens (tertiary/aromatic N) is 1. The summed E-state index contributed by atoms with van der Waals surface area (Å²) in [4.78, 5) is 0. The highest BCUT2D eigenvalue weighted by Gasteiger charge is 2.31. The molecule has 0 bridgehead atoms. The Morgan fingerprint density at radius 1 is 1.32 bits per heavy atom. The van der Waals surface area contributed by atoms with Gasteiger partial charge in [-0.3, -0.25) is 0 Å². The van der Waals surface area contributed by atoms with Crippen LogP contribution in [-0.4, -0.2) is 11.6 Å². The Morgan fingerprint density at radius 3 is 2.53 bits per heavy atom. The van der Waals surface area contributed by atoms with Gasteiger partial charge in [0.25, 0.3) is 0 Å². The highest BCUT2D eigenvalue weighted by molar-refractivity contribution is 5.85. The molecule has 2 nitrogen and oxygen atoms in total. The zero-order valence-electron chi connectivity index (χ0n) is 11.2. The Hall–Kier alpha value is -1.49. The molecule has 104 valence electrons. The Labute approximate surface area is 110 Å². The second kappa shape index (κ2) is 4.89. The highest BCUT2D eigenvalue weighted by Crippen LogP contribution is 2.34. The lowest BCUT2D eigenvalue weighted by Gasteiger charge is -2.10. The Morgan fingerprint density at radius 2 is 2.00 bits per heavy atom. The summed E-state index contributed by atoms with van der Waals surface area (Å²) < 4.78 is 40.4. The maximum absolute atomic E-state index is 12.8. The largest absolute Gasteiger partial charge is 0.416 e. The summed E-state index contributed by atoms with van der Waals surface area (Å²) in [6, 6.07) is 3.94. The monoisotopic (exact) mass is 270 g/mol. The number of hydrogen-bond acceptors (Lipinski definition) is 1. The van der Waals surface area contributed by atoms with Crippen molar-refractivity contribution in [1.29, 1.82) is 0 Å². The highest BCUT2D eigenvalue weighted by atomic mass is 19.4. The quantitative estimate of drug-likeness (QED) is 0.893. The molecule has 2 rings (SSSR count). The molecule has 2 aromatic rings. The van der Waals surface area contributed by atoms with Crippen molar-refractivity contribution in [2.75, 3.05) is 7.05 Å². The van der Waals surface area contributed by atoms with Gasteiger partial charge >= 0.3 is 6.18 Å². The SMILES string of the molecule is CCn1cc(C(C)NC)c2cc(C(F)(F)F)ccc21. The molecule has 0 saturated carbocycles. The van der Waals surface area contributed by atoms with Crippen molar-refractivity contribution >= 4 is 10.9 Å². The minimum absolute atomic E-state index is 0.0128. The van der Waals surface area contributed by atoms with Crippen molar-refractivity contribution in [1.82, 2.24) is 9.88 Å². The maximum Gasteiger partial charge on any atom is 0.416 e. The van der Waals surface area contributed by atoms with Crippen molar-refractivity contribution in [3.05, 3.63) is 35.5 Å². The van der Waals surface area contributed by atoms with Crippen LogP contribution in [0.25, 0.3) is 10.9 Å². The van der Waals surface area contributed by atoms with Crippen molar-refractivity contribution in [2.24, 2.45) is 0 Å². The molecule has 0 amide bonds. The second-order valence-electron chi connectivity index (χ2n) is 4.61. The summed E-state index contributed by atoms with van der Waals surface area (Å²) in [6.45, 7) is 4.65. The van der Waals surface area contributed by atoms with E-state index >= 15 is 0 Å². The van der Waals surface area contributed by atoms with Crippen molar-refractivity contribution in [2.45, 2.75) is 32.6 Å². The van der Waals surface area contributed by atoms with Crippen LogP contribution in [0.4, 0.5) is 13.2 Å². The number of rotatable bonds is 3. The molecule has 0 radical (unpaired) electrons. The molecular formula is C14H17F3N2. The fourth-order valence-electron chi connectivity index (χ4n) is 2.26. The van der Waals surface area contributed by atoms with Gasteiger partial charge in [0.05, 0.1) is 5.56 Å². The maximum atomic E-state index is 12.8. The first-order valence-corrected chi connectivity index (χ1v) is 6.25. The molecule has 1 atom stereocenters. The smallest absolute Gasteiger partial charge is 0.347 e. The molecule has 0 aliphatic rings. The average Bonchev–Trinajstić information content (AvgIpc) is 2.74. The molecule has 1 aromatic carbocycles. The number of aromatic nitrogens is 1. The lowest BCUT2D eigenvalue weighted by molar-refractivity contribution is -0.137. The molecule has 0 fully saturated rings. The summed E-state index contributed by atoms with van der Waals surface area (Å²) in [7, 11) is 1.80. The molecule has 0 spiro atoms. The van der Waals surface area contributed by atoms with Gasteiger partial charge in [-0.1, -0.05) is 0 Å². The molecule has 1 aromatic heterocycles. The standard InChI is InChI=1S/C14H17F3N2/c1-4-19-8-12(9(2)18-3)11-7-10(14(15,16)17)5-6-13(11)19/h5-9,18H,4H2,1-3H3. The van der Waals surface area contributed by atoms with Crippen LogP contribution in [0.3, 0.4) is 0 Å². The average molecular weight is 270 g/mol. The number of benzene rings is 1. The van der Waals surface area contributed by atoms with Gasteiger partial charge in [0, 0.05) is 29.7 Å². The number of nitrogens with one attached hydrogen (secondary N) is 1. The van der Waals surface area contributed by atoms with Crippen LogP contribution in [0.1, 0.15) is 31.0 Å². The molecular weight excluding hydrogens is 253 g/mol. The molecule has 0 saturated heterocycles. The van der Waals surface area contributed by atoms with E-state index in [4.69, 9.17) is 0 Å². The minimum atomic E-state index is -4.30. The molecule has 5 heteroatoms. The second-order valence-corrected chi connectivity index (χ2v) is 4.61. The number of hydrogen-bond donors (Lipinski definition) is 1. The van der Waals surface area contributed by atoms with Gasteiger partial charge < -0.3 is 9.88 Å². The summed E-state index contributed by atoms with van der Waals surface area (Å²) in [5.74, 6) is 0. The lowest BCUT2D eigenvalue weighted by atomic mass is 10.0. The van der Waals surface area contributed by atoms with E-state index < -0.39 is 11.7 Å². The normalized spacial score (nSPS) is 14.0. The minimum Gasteiger partial charge on any atom is -0.347 e. The first kappa shape index (κ1) is 13.9. The lowest BCUT2D eigenvalue weighted by Crippen LogP contribution is -2.12. The van der Waals surface area contributed by atoms with Crippen LogP contribution in [0.2, 0.25) is 0 Å². The molecule has 0 aliphatic carbocycles. The van der Waals surface area contributed by atoms with E-state index in [1.54, 1.807) is 13.1 Å². The summed E-state index contributed by atoms with van der Waals surface area (Å²) in [5.41, 5.74) is 1.14. The van der Waals surface area contributed by atoms with Crippen LogP contribution >= 0.6 is 0 Å². The van der Waals surface area contributed by atoms with Crippen molar-refractivity contribution in [3.8, 4) is 0 Å². The number of halogens is 3. The van der Waals surface area contributed by atoms with Crippen LogP contribution in [-0.2, 0) is 12.7 Å². The third kappa shape index (κ3) is 2.47. The zero-order chi connectivity index (χ0) is 14.2. The zero-order valence-corrected chi connectivity index (χ0v) is 11.2. The third-order valence-electron chi connectivity index (χ3n) is 3.48. The summed E-state index contributed by atoms with van der Waals surface area (Å²) >= 11 is 0. The van der Waals surface area contributed by atoms with Gasteiger partial charge in [-0.2, -0.15) is 13.2 Å². The number of aryl methyl sites for hydroxylation is 1. The molecule has 1 unspecified atom stereocenters. The van der Waals surface area contributed by atoms with Crippen LogP contribution in [0.15, 0.2) is 24.4 Å². The Kier molecular flexibility index (Phi) is 3.58. The fourth-order valence-corrected chi connectivity index (χ4v) is 2.26. The van der Waals surface area contributed by atoms with Gasteiger partial charge in [0.1, 0.15) is 0 Å². The topological polar surface area (TPSA) is 17.0 Å². The third-order valence-corrected chi connectivity index (χ3v) is 3.48. The van der Waals surface area contributed by atoms with Gasteiger partial charge in [-0.05, 0) is 44.7 Å². The van der Waals surface area contributed by atoms with Crippen LogP contribution in [0, 0.1) is 0 Å². The summed E-state index contributed by atoms with van der Waals surface area (Å²) in [5, 5.41) is 3.74. The Bertz CT molecular complexity index is 584. The van der Waals surface area contributed by atoms with Crippen LogP contribution in [0.5, 0.6) is 0 Å². The molecule has 1 heterocycles. The van der Waals surface area contributed by atoms with E-state index in [0.717, 1.165) is 23.7 Å². The van der Waals surface area contributed by atoms with E-state index in [9.17, 15) is 13.2 Å². The van der Waals surface area contributed by atoms with Crippen LogP contribution < -0.4 is 5.32 Å². The van der Waals surface area contributed by atoms with E-state index in [1.165, 1.54) is 6.07 Å². The van der Waals surface area contributed by atoms with E-state index in [1.807, 2.05) is 24.6 Å². The van der Waals surface area contributed by atoms with Gasteiger partial charge in [-0.25, -0.2) is 0 Å². The summed E-state index contributed by atoms with van der Waals surface area (Å²) in [6.07, 6.45) is -2.38. The number of fused-ring (bicyclic) bond motifs is 1. The van der Waals surface area contributed by atoms with Gasteiger partial charge in [-0.15, -0.1) is 0 Å². The van der Waals surface area contributed by atoms with Crippen molar-refractivity contribution in [3.63, 3.8) is 0 Å². The predicted octanol–water partition coefficient (Wildman–Crippen LogP) is 3.96. The molecule has 19 heavy (non-hydrogen) atoms.